The molecule has 0 bridgehead atoms. The minimum atomic E-state index is -3.51. The maximum Gasteiger partial charge on any atom is 0.354 e. The Morgan fingerprint density at radius 1 is 1.24 bits per heavy atom. The smallest absolute Gasteiger partial charge is 0.354 e. The van der Waals surface area contributed by atoms with Crippen LogP contribution in [0.3, 0.4) is 0 Å². The van der Waals surface area contributed by atoms with Crippen molar-refractivity contribution >= 4 is 33.0 Å². The number of amides is 2. The summed E-state index contributed by atoms with van der Waals surface area (Å²) in [5.41, 5.74) is 4.97. The van der Waals surface area contributed by atoms with E-state index in [1.165, 1.54) is 22.3 Å². The van der Waals surface area contributed by atoms with Crippen LogP contribution in [0.5, 0.6) is 0 Å². The van der Waals surface area contributed by atoms with Crippen LogP contribution in [0.2, 0.25) is 0 Å². The first-order chi connectivity index (χ1) is 13.6. The van der Waals surface area contributed by atoms with Gasteiger partial charge in [0.1, 0.15) is 5.60 Å². The summed E-state index contributed by atoms with van der Waals surface area (Å²) in [5, 5.41) is 19.0. The molecule has 0 unspecified atom stereocenters. The Bertz CT molecular complexity index is 1090. The van der Waals surface area contributed by atoms with Gasteiger partial charge in [0.25, 0.3) is 0 Å². The zero-order chi connectivity index (χ0) is 21.0. The van der Waals surface area contributed by atoms with Crippen molar-refractivity contribution in [2.75, 3.05) is 5.32 Å². The van der Waals surface area contributed by atoms with E-state index in [1.54, 1.807) is 20.8 Å². The van der Waals surface area contributed by atoms with Gasteiger partial charge in [0.15, 0.2) is 9.92 Å². The first-order valence-electron chi connectivity index (χ1n) is 9.79. The summed E-state index contributed by atoms with van der Waals surface area (Å²) in [5.74, 6) is 0. The summed E-state index contributed by atoms with van der Waals surface area (Å²) >= 11 is 1.09. The topological polar surface area (TPSA) is 118 Å². The fraction of sp³-hybridized carbons (Fsp3) is 0.500. The molecule has 29 heavy (non-hydrogen) atoms. The number of aryl methyl sites for hydroxylation is 3. The van der Waals surface area contributed by atoms with E-state index in [-0.39, 0.29) is 4.34 Å². The van der Waals surface area contributed by atoms with E-state index in [9.17, 15) is 14.1 Å². The van der Waals surface area contributed by atoms with E-state index in [1.807, 2.05) is 0 Å². The van der Waals surface area contributed by atoms with Gasteiger partial charge in [0.2, 0.25) is 4.34 Å². The molecule has 4 N–H and O–H groups in total. The fourth-order valence-electron chi connectivity index (χ4n) is 4.32. The molecule has 0 saturated carbocycles. The molecule has 2 aromatic rings. The van der Waals surface area contributed by atoms with E-state index < -0.39 is 21.5 Å². The van der Waals surface area contributed by atoms with E-state index in [0.29, 0.717) is 10.6 Å². The molecule has 9 heteroatoms. The van der Waals surface area contributed by atoms with Crippen LogP contribution in [0.25, 0.3) is 0 Å². The molecule has 1 aromatic heterocycles. The second-order valence-electron chi connectivity index (χ2n) is 8.27. The number of hydrogen-bond donors (Lipinski definition) is 3. The first-order valence-corrected chi connectivity index (χ1v) is 12.2. The molecule has 2 aliphatic carbocycles. The Balaban J connectivity index is 1.67. The predicted octanol–water partition coefficient (Wildman–Crippen LogP) is 3.59. The number of carbonyl (C=O) groups excluding carboxylic acids is 1. The molecule has 1 heterocycles. The molecule has 0 aliphatic heterocycles. The highest BCUT2D eigenvalue weighted by Crippen LogP contribution is 2.38. The number of urea groups is 1. The fourth-order valence-corrected chi connectivity index (χ4v) is 6.67. The number of anilines is 1. The van der Waals surface area contributed by atoms with E-state index in [4.69, 9.17) is 5.14 Å². The Labute approximate surface area is 175 Å². The van der Waals surface area contributed by atoms with Crippen LogP contribution in [0.15, 0.2) is 14.8 Å². The molecule has 0 spiro atoms. The van der Waals surface area contributed by atoms with Gasteiger partial charge in [-0.2, -0.15) is 0 Å². The maximum absolute atomic E-state index is 13.0. The molecule has 7 nitrogen and oxygen atoms in total. The van der Waals surface area contributed by atoms with Gasteiger partial charge in [-0.15, -0.1) is 15.7 Å². The number of nitrogens with one attached hydrogen (secondary N) is 1. The lowest BCUT2D eigenvalue weighted by molar-refractivity contribution is 0.0734. The number of aromatic nitrogens is 1. The zero-order valence-corrected chi connectivity index (χ0v) is 18.5. The van der Waals surface area contributed by atoms with Gasteiger partial charge in [0.05, 0.1) is 5.69 Å². The Kier molecular flexibility index (Phi) is 5.05. The van der Waals surface area contributed by atoms with Crippen LogP contribution in [0.4, 0.5) is 10.5 Å². The van der Waals surface area contributed by atoms with Crippen LogP contribution in [-0.4, -0.2) is 20.3 Å². The largest absolute Gasteiger partial charge is 0.384 e. The molecule has 4 rings (SSSR count). The third-order valence-corrected chi connectivity index (χ3v) is 8.29. The molecule has 156 valence electrons. The molecule has 0 fully saturated rings. The van der Waals surface area contributed by atoms with Crippen LogP contribution in [0, 0.1) is 6.92 Å². The maximum atomic E-state index is 13.0. The van der Waals surface area contributed by atoms with Crippen molar-refractivity contribution in [2.24, 2.45) is 9.50 Å². The van der Waals surface area contributed by atoms with Gasteiger partial charge >= 0.3 is 6.03 Å². The summed E-state index contributed by atoms with van der Waals surface area (Å²) in [6.07, 6.45) is 6.05. The quantitative estimate of drug-likeness (QED) is 0.684. The second-order valence-corrected chi connectivity index (χ2v) is 11.4. The molecule has 2 amide bonds. The van der Waals surface area contributed by atoms with Crippen molar-refractivity contribution in [2.45, 2.75) is 69.2 Å². The number of nitrogens with two attached hydrogens (primary N) is 1. The van der Waals surface area contributed by atoms with Crippen molar-refractivity contribution in [3.8, 4) is 0 Å². The lowest BCUT2D eigenvalue weighted by Gasteiger charge is -2.15. The third kappa shape index (κ3) is 3.84. The monoisotopic (exact) mass is 434 g/mol. The van der Waals surface area contributed by atoms with Crippen molar-refractivity contribution in [3.63, 3.8) is 0 Å². The van der Waals surface area contributed by atoms with Gasteiger partial charge in [-0.1, -0.05) is 6.07 Å². The second kappa shape index (κ2) is 7.16. The van der Waals surface area contributed by atoms with Gasteiger partial charge in [-0.05, 0) is 81.5 Å². The van der Waals surface area contributed by atoms with Crippen molar-refractivity contribution in [1.29, 1.82) is 0 Å². The van der Waals surface area contributed by atoms with Crippen molar-refractivity contribution in [3.05, 3.63) is 38.9 Å². The molecule has 0 saturated heterocycles. The molecular formula is C20H26N4O3S2. The average Bonchev–Trinajstić information content (AvgIpc) is 3.31. The Morgan fingerprint density at radius 3 is 2.34 bits per heavy atom. The summed E-state index contributed by atoms with van der Waals surface area (Å²) in [6, 6.07) is 1.56. The minimum Gasteiger partial charge on any atom is -0.384 e. The highest BCUT2D eigenvalue weighted by atomic mass is 32.2. The predicted molar refractivity (Wildman–Crippen MR) is 115 cm³/mol. The zero-order valence-electron chi connectivity index (χ0n) is 16.9. The lowest BCUT2D eigenvalue weighted by Crippen LogP contribution is -2.20. The molecule has 2 aliphatic rings. The number of hydrogen-bond acceptors (Lipinski definition) is 5. The van der Waals surface area contributed by atoms with E-state index >= 15 is 0 Å². The van der Waals surface area contributed by atoms with Crippen LogP contribution in [-0.2, 0) is 41.2 Å². The highest BCUT2D eigenvalue weighted by Gasteiger charge is 2.28. The van der Waals surface area contributed by atoms with Crippen LogP contribution < -0.4 is 10.5 Å². The third-order valence-electron chi connectivity index (χ3n) is 5.53. The van der Waals surface area contributed by atoms with Crippen molar-refractivity contribution < 1.29 is 14.1 Å². The number of fused-ring (bicyclic) bond motifs is 2. The standard InChI is InChI=1S/C20H26N4O3S2/c1-11-17(20(2,3)26)23-19(28-11)29(21,27)24-18(25)22-16-14-8-4-6-12(14)10-13-7-5-9-15(13)16/h10,26H,4-9H2,1-3H3,(H3,21,22,24,25,27)/t29-/m0/s1. The van der Waals surface area contributed by atoms with Crippen molar-refractivity contribution in [1.82, 2.24) is 4.98 Å². The molecular weight excluding hydrogens is 408 g/mol. The highest BCUT2D eigenvalue weighted by molar-refractivity contribution is 7.93. The Morgan fingerprint density at radius 2 is 1.83 bits per heavy atom. The molecule has 1 aromatic carbocycles. The van der Waals surface area contributed by atoms with Crippen LogP contribution >= 0.6 is 11.3 Å². The molecule has 0 radical (unpaired) electrons. The number of carbonyl (C=O) groups is 1. The number of aliphatic hydroxyl groups is 1. The Hall–Kier alpha value is -1.81. The SMILES string of the molecule is Cc1sc([S@@](N)(=O)=NC(=O)Nc2c3c(cc4c2CCC4)CCC3)nc1C(C)(C)O. The normalized spacial score (nSPS) is 17.6. The minimum absolute atomic E-state index is 0.0470. The lowest BCUT2D eigenvalue weighted by atomic mass is 9.99. The average molecular weight is 435 g/mol. The number of nitrogens with zero attached hydrogens (tertiary/aromatic N) is 2. The van der Waals surface area contributed by atoms with E-state index in [0.717, 1.165) is 55.5 Å². The summed E-state index contributed by atoms with van der Waals surface area (Å²) in [6.45, 7) is 4.95. The number of benzene rings is 1. The van der Waals surface area contributed by atoms with Gasteiger partial charge in [-0.3, -0.25) is 0 Å². The summed E-state index contributed by atoms with van der Waals surface area (Å²) < 4.78 is 16.8. The van der Waals surface area contributed by atoms with Gasteiger partial charge in [-0.25, -0.2) is 19.1 Å². The van der Waals surface area contributed by atoms with E-state index in [2.05, 4.69) is 20.7 Å². The first kappa shape index (κ1) is 20.5. The summed E-state index contributed by atoms with van der Waals surface area (Å²) in [7, 11) is -3.51. The summed E-state index contributed by atoms with van der Waals surface area (Å²) in [4.78, 5) is 17.6. The van der Waals surface area contributed by atoms with Gasteiger partial charge < -0.3 is 10.4 Å². The van der Waals surface area contributed by atoms with Crippen LogP contribution in [0.1, 0.15) is 59.5 Å². The number of rotatable bonds is 3. The number of thiazole rings is 1. The molecule has 1 atom stereocenters. The van der Waals surface area contributed by atoms with Gasteiger partial charge in [0, 0.05) is 10.6 Å².